The number of nitrogens with one attached hydrogen (secondary N) is 2. The number of anilines is 2. The molecule has 0 bridgehead atoms. The summed E-state index contributed by atoms with van der Waals surface area (Å²) in [5, 5.41) is 2.61. The second kappa shape index (κ2) is 6.33. The third-order valence-electron chi connectivity index (χ3n) is 2.61. The van der Waals surface area contributed by atoms with Crippen molar-refractivity contribution in [3.8, 4) is 0 Å². The smallest absolute Gasteiger partial charge is 0.255 e. The molecule has 116 valence electrons. The van der Waals surface area contributed by atoms with E-state index in [4.69, 9.17) is 11.6 Å². The zero-order valence-electron chi connectivity index (χ0n) is 11.4. The fourth-order valence-electron chi connectivity index (χ4n) is 1.72. The van der Waals surface area contributed by atoms with E-state index in [1.54, 1.807) is 0 Å². The highest BCUT2D eigenvalue weighted by Gasteiger charge is 2.11. The van der Waals surface area contributed by atoms with Gasteiger partial charge in [0.15, 0.2) is 0 Å². The largest absolute Gasteiger partial charge is 0.319 e. The molecule has 0 saturated carbocycles. The first-order chi connectivity index (χ1) is 10.2. The maximum atomic E-state index is 13.6. The molecule has 0 unspecified atom stereocenters. The average Bonchev–Trinajstić information content (AvgIpc) is 2.40. The Bertz CT molecular complexity index is 825. The van der Waals surface area contributed by atoms with Crippen LogP contribution in [0.15, 0.2) is 42.5 Å². The van der Waals surface area contributed by atoms with Gasteiger partial charge in [-0.1, -0.05) is 17.7 Å². The van der Waals surface area contributed by atoms with Crippen molar-refractivity contribution in [2.75, 3.05) is 16.3 Å². The van der Waals surface area contributed by atoms with Crippen molar-refractivity contribution in [1.82, 2.24) is 0 Å². The van der Waals surface area contributed by atoms with Crippen molar-refractivity contribution in [2.24, 2.45) is 0 Å². The van der Waals surface area contributed by atoms with Crippen molar-refractivity contribution in [3.63, 3.8) is 0 Å². The van der Waals surface area contributed by atoms with Gasteiger partial charge in [-0.3, -0.25) is 9.52 Å². The molecule has 2 rings (SSSR count). The lowest BCUT2D eigenvalue weighted by Crippen LogP contribution is -2.14. The second-order valence-corrected chi connectivity index (χ2v) is 6.72. The van der Waals surface area contributed by atoms with E-state index in [2.05, 4.69) is 10.0 Å². The van der Waals surface area contributed by atoms with Gasteiger partial charge in [0.1, 0.15) is 5.82 Å². The molecule has 2 N–H and O–H groups in total. The number of hydrogen-bond acceptors (Lipinski definition) is 3. The Morgan fingerprint density at radius 2 is 1.91 bits per heavy atom. The highest BCUT2D eigenvalue weighted by molar-refractivity contribution is 7.92. The lowest BCUT2D eigenvalue weighted by Gasteiger charge is -2.09. The monoisotopic (exact) mass is 342 g/mol. The topological polar surface area (TPSA) is 75.3 Å². The van der Waals surface area contributed by atoms with Crippen molar-refractivity contribution in [3.05, 3.63) is 58.9 Å². The summed E-state index contributed by atoms with van der Waals surface area (Å²) >= 11 is 5.63. The van der Waals surface area contributed by atoms with Gasteiger partial charge in [0.25, 0.3) is 5.91 Å². The summed E-state index contributed by atoms with van der Waals surface area (Å²) in [5.74, 6) is -1.23. The first-order valence-corrected chi connectivity index (χ1v) is 8.36. The third-order valence-corrected chi connectivity index (χ3v) is 3.45. The van der Waals surface area contributed by atoms with E-state index in [0.29, 0.717) is 0 Å². The minimum Gasteiger partial charge on any atom is -0.319 e. The normalized spacial score (nSPS) is 11.0. The van der Waals surface area contributed by atoms with Crippen molar-refractivity contribution >= 4 is 38.9 Å². The lowest BCUT2D eigenvalue weighted by molar-refractivity contribution is 0.102. The van der Waals surface area contributed by atoms with Crippen LogP contribution in [0, 0.1) is 5.82 Å². The van der Waals surface area contributed by atoms with Gasteiger partial charge < -0.3 is 5.32 Å². The Morgan fingerprint density at radius 1 is 1.18 bits per heavy atom. The minimum absolute atomic E-state index is 0.0177. The van der Waals surface area contributed by atoms with Gasteiger partial charge in [-0.15, -0.1) is 0 Å². The van der Waals surface area contributed by atoms with E-state index in [0.717, 1.165) is 12.3 Å². The van der Waals surface area contributed by atoms with E-state index in [9.17, 15) is 17.6 Å². The molecule has 5 nitrogen and oxygen atoms in total. The standard InChI is InChI=1S/C14H12ClFN2O3S/c1-22(20,21)18-11-4-2-3-9(7-11)14(19)17-13-6-5-10(15)8-12(13)16/h2-8,18H,1H3,(H,17,19). The maximum Gasteiger partial charge on any atom is 0.255 e. The first-order valence-electron chi connectivity index (χ1n) is 6.09. The number of carbonyl (C=O) groups is 1. The SMILES string of the molecule is CS(=O)(=O)Nc1cccc(C(=O)Nc2ccc(Cl)cc2F)c1. The summed E-state index contributed by atoms with van der Waals surface area (Å²) in [6.45, 7) is 0. The van der Waals surface area contributed by atoms with Crippen LogP contribution in [0.25, 0.3) is 0 Å². The van der Waals surface area contributed by atoms with Crippen LogP contribution in [0.5, 0.6) is 0 Å². The van der Waals surface area contributed by atoms with Gasteiger partial charge in [0.2, 0.25) is 10.0 Å². The summed E-state index contributed by atoms with van der Waals surface area (Å²) in [4.78, 5) is 12.1. The Hall–Kier alpha value is -2.12. The number of hydrogen-bond donors (Lipinski definition) is 2. The molecule has 0 aromatic heterocycles. The summed E-state index contributed by atoms with van der Waals surface area (Å²) in [6, 6.07) is 9.72. The van der Waals surface area contributed by atoms with Crippen LogP contribution in [0.1, 0.15) is 10.4 Å². The second-order valence-electron chi connectivity index (χ2n) is 4.53. The van der Waals surface area contributed by atoms with Gasteiger partial charge in [-0.05, 0) is 36.4 Å². The Morgan fingerprint density at radius 3 is 2.55 bits per heavy atom. The molecular formula is C14H12ClFN2O3S. The number of rotatable bonds is 4. The van der Waals surface area contributed by atoms with Crippen LogP contribution in [-0.4, -0.2) is 20.6 Å². The van der Waals surface area contributed by atoms with Crippen LogP contribution in [0.3, 0.4) is 0 Å². The number of amides is 1. The van der Waals surface area contributed by atoms with Crippen LogP contribution in [0.2, 0.25) is 5.02 Å². The number of halogens is 2. The van der Waals surface area contributed by atoms with Gasteiger partial charge in [-0.25, -0.2) is 12.8 Å². The van der Waals surface area contributed by atoms with Gasteiger partial charge >= 0.3 is 0 Å². The predicted molar refractivity (Wildman–Crippen MR) is 84.3 cm³/mol. The number of carbonyl (C=O) groups excluding carboxylic acids is 1. The summed E-state index contributed by atoms with van der Waals surface area (Å²) in [6.07, 6.45) is 1.00. The zero-order chi connectivity index (χ0) is 16.3. The molecule has 0 fully saturated rings. The quantitative estimate of drug-likeness (QED) is 0.896. The van der Waals surface area contributed by atoms with E-state index >= 15 is 0 Å². The van der Waals surface area contributed by atoms with E-state index in [1.807, 2.05) is 0 Å². The van der Waals surface area contributed by atoms with Crippen LogP contribution in [-0.2, 0) is 10.0 Å². The van der Waals surface area contributed by atoms with Crippen LogP contribution >= 0.6 is 11.6 Å². The molecule has 0 aliphatic carbocycles. The van der Waals surface area contributed by atoms with Gasteiger partial charge in [0.05, 0.1) is 11.9 Å². The third kappa shape index (κ3) is 4.44. The fourth-order valence-corrected chi connectivity index (χ4v) is 2.44. The molecular weight excluding hydrogens is 331 g/mol. The Balaban J connectivity index is 2.21. The number of sulfonamides is 1. The molecule has 0 aliphatic heterocycles. The maximum absolute atomic E-state index is 13.6. The van der Waals surface area contributed by atoms with E-state index in [-0.39, 0.29) is 22.0 Å². The molecule has 0 atom stereocenters. The zero-order valence-corrected chi connectivity index (χ0v) is 13.0. The molecule has 0 heterocycles. The van der Waals surface area contributed by atoms with Crippen molar-refractivity contribution in [2.45, 2.75) is 0 Å². The summed E-state index contributed by atoms with van der Waals surface area (Å²) in [7, 11) is -3.45. The molecule has 22 heavy (non-hydrogen) atoms. The molecule has 0 radical (unpaired) electrons. The fraction of sp³-hybridized carbons (Fsp3) is 0.0714. The lowest BCUT2D eigenvalue weighted by atomic mass is 10.2. The Labute approximate surface area is 132 Å². The molecule has 2 aromatic carbocycles. The van der Waals surface area contributed by atoms with Gasteiger partial charge in [0, 0.05) is 16.3 Å². The van der Waals surface area contributed by atoms with Gasteiger partial charge in [-0.2, -0.15) is 0 Å². The minimum atomic E-state index is -3.45. The summed E-state index contributed by atoms with van der Waals surface area (Å²) in [5.41, 5.74) is 0.408. The highest BCUT2D eigenvalue weighted by atomic mass is 35.5. The first kappa shape index (κ1) is 16.3. The molecule has 0 saturated heterocycles. The molecule has 0 aliphatic rings. The van der Waals surface area contributed by atoms with E-state index < -0.39 is 21.7 Å². The molecule has 8 heteroatoms. The van der Waals surface area contributed by atoms with Crippen molar-refractivity contribution in [1.29, 1.82) is 0 Å². The van der Waals surface area contributed by atoms with Crippen LogP contribution in [0.4, 0.5) is 15.8 Å². The average molecular weight is 343 g/mol. The van der Waals surface area contributed by atoms with E-state index in [1.165, 1.54) is 36.4 Å². The molecule has 0 spiro atoms. The predicted octanol–water partition coefficient (Wildman–Crippen LogP) is 3.10. The molecule has 1 amide bonds. The highest BCUT2D eigenvalue weighted by Crippen LogP contribution is 2.20. The Kier molecular flexibility index (Phi) is 4.68. The van der Waals surface area contributed by atoms with Crippen LogP contribution < -0.4 is 10.0 Å². The summed E-state index contributed by atoms with van der Waals surface area (Å²) < 4.78 is 38.2. The molecule has 2 aromatic rings. The van der Waals surface area contributed by atoms with Crippen molar-refractivity contribution < 1.29 is 17.6 Å². The number of benzene rings is 2.